The van der Waals surface area contributed by atoms with Gasteiger partial charge in [0.05, 0.1) is 11.1 Å². The summed E-state index contributed by atoms with van der Waals surface area (Å²) < 4.78 is 15.3. The number of benzene rings is 2. The van der Waals surface area contributed by atoms with Gasteiger partial charge in [-0.1, -0.05) is 36.4 Å². The highest BCUT2D eigenvalue weighted by molar-refractivity contribution is 5.95. The molecule has 7 heteroatoms. The predicted molar refractivity (Wildman–Crippen MR) is 88.3 cm³/mol. The van der Waals surface area contributed by atoms with Crippen LogP contribution >= 0.6 is 0 Å². The third-order valence-corrected chi connectivity index (χ3v) is 3.80. The van der Waals surface area contributed by atoms with Gasteiger partial charge in [0, 0.05) is 0 Å². The maximum atomic E-state index is 12.1. The van der Waals surface area contributed by atoms with E-state index in [9.17, 15) is 19.5 Å². The van der Waals surface area contributed by atoms with Crippen LogP contribution in [0.2, 0.25) is 0 Å². The number of aliphatic hydroxyl groups excluding tert-OH is 1. The van der Waals surface area contributed by atoms with Gasteiger partial charge in [0.15, 0.2) is 6.10 Å². The quantitative estimate of drug-likeness (QED) is 0.808. The van der Waals surface area contributed by atoms with Gasteiger partial charge in [-0.25, -0.2) is 9.59 Å². The van der Waals surface area contributed by atoms with Crippen LogP contribution in [-0.4, -0.2) is 47.9 Å². The van der Waals surface area contributed by atoms with Crippen LogP contribution < -0.4 is 0 Å². The van der Waals surface area contributed by atoms with Crippen LogP contribution in [0.5, 0.6) is 0 Å². The molecule has 0 aliphatic carbocycles. The third kappa shape index (κ3) is 3.96. The number of carbonyl (C=O) groups excluding carboxylic acids is 3. The molecule has 26 heavy (non-hydrogen) atoms. The molecule has 1 N–H and O–H groups in total. The van der Waals surface area contributed by atoms with Crippen molar-refractivity contribution in [1.82, 2.24) is 0 Å². The lowest BCUT2D eigenvalue weighted by Crippen LogP contribution is -2.36. The molecule has 3 rings (SSSR count). The minimum absolute atomic E-state index is 0.252. The molecule has 0 amide bonds. The van der Waals surface area contributed by atoms with E-state index in [4.69, 9.17) is 14.2 Å². The van der Waals surface area contributed by atoms with E-state index in [0.717, 1.165) is 0 Å². The molecule has 7 nitrogen and oxygen atoms in total. The number of aliphatic hydroxyl groups is 1. The van der Waals surface area contributed by atoms with Crippen molar-refractivity contribution < 1.29 is 33.7 Å². The third-order valence-electron chi connectivity index (χ3n) is 3.80. The van der Waals surface area contributed by atoms with Crippen LogP contribution in [-0.2, 0) is 19.0 Å². The second-order valence-electron chi connectivity index (χ2n) is 5.59. The van der Waals surface area contributed by atoms with E-state index in [1.54, 1.807) is 48.5 Å². The molecule has 0 aromatic heterocycles. The maximum absolute atomic E-state index is 12.1. The first-order chi connectivity index (χ1) is 12.6. The zero-order valence-corrected chi connectivity index (χ0v) is 13.6. The molecular formula is C19H16O7. The van der Waals surface area contributed by atoms with Gasteiger partial charge in [0.2, 0.25) is 12.1 Å². The molecular weight excluding hydrogens is 340 g/mol. The Labute approximate surface area is 149 Å². The Morgan fingerprint density at radius 1 is 0.923 bits per heavy atom. The Bertz CT molecular complexity index is 788. The molecule has 3 atom stereocenters. The lowest BCUT2D eigenvalue weighted by atomic mass is 10.1. The number of carbonyl (C=O) groups is 3. The van der Waals surface area contributed by atoms with Gasteiger partial charge in [-0.2, -0.15) is 0 Å². The molecule has 0 bridgehead atoms. The molecule has 1 heterocycles. The Balaban J connectivity index is 1.64. The largest absolute Gasteiger partial charge is 0.459 e. The van der Waals surface area contributed by atoms with E-state index in [1.165, 1.54) is 12.1 Å². The summed E-state index contributed by atoms with van der Waals surface area (Å²) in [5.41, 5.74) is 0.580. The van der Waals surface area contributed by atoms with Gasteiger partial charge >= 0.3 is 11.9 Å². The first kappa shape index (κ1) is 17.8. The number of rotatable bonds is 5. The lowest BCUT2D eigenvalue weighted by molar-refractivity contribution is -0.145. The average molecular weight is 356 g/mol. The second-order valence-corrected chi connectivity index (χ2v) is 5.59. The lowest BCUT2D eigenvalue weighted by Gasteiger charge is -2.17. The molecule has 0 spiro atoms. The highest BCUT2D eigenvalue weighted by atomic mass is 16.7. The zero-order chi connectivity index (χ0) is 18.5. The summed E-state index contributed by atoms with van der Waals surface area (Å²) in [5, 5.41) is 9.60. The first-order valence-corrected chi connectivity index (χ1v) is 7.91. The van der Waals surface area contributed by atoms with Gasteiger partial charge in [-0.05, 0) is 24.3 Å². The van der Waals surface area contributed by atoms with Crippen LogP contribution in [0.25, 0.3) is 0 Å². The van der Waals surface area contributed by atoms with Crippen molar-refractivity contribution in [3.63, 3.8) is 0 Å². The fourth-order valence-electron chi connectivity index (χ4n) is 2.46. The smallest absolute Gasteiger partial charge is 0.338 e. The zero-order valence-electron chi connectivity index (χ0n) is 13.6. The van der Waals surface area contributed by atoms with E-state index < -0.39 is 36.2 Å². The molecule has 2 aromatic rings. The number of hydrogen-bond donors (Lipinski definition) is 1. The molecule has 1 aliphatic heterocycles. The fourth-order valence-corrected chi connectivity index (χ4v) is 2.46. The van der Waals surface area contributed by atoms with Crippen LogP contribution in [0.4, 0.5) is 0 Å². The number of ketones is 1. The van der Waals surface area contributed by atoms with Crippen LogP contribution in [0.1, 0.15) is 20.7 Å². The Morgan fingerprint density at radius 3 is 2.04 bits per heavy atom. The Hall–Kier alpha value is -3.03. The van der Waals surface area contributed by atoms with Crippen LogP contribution in [0, 0.1) is 0 Å². The summed E-state index contributed by atoms with van der Waals surface area (Å²) in [7, 11) is 0. The summed E-state index contributed by atoms with van der Waals surface area (Å²) >= 11 is 0. The van der Waals surface area contributed by atoms with Crippen molar-refractivity contribution in [1.29, 1.82) is 0 Å². The molecule has 2 aromatic carbocycles. The van der Waals surface area contributed by atoms with Crippen molar-refractivity contribution in [3.05, 3.63) is 71.8 Å². The van der Waals surface area contributed by atoms with Gasteiger partial charge in [-0.3, -0.25) is 4.79 Å². The SMILES string of the molecule is O=C(OC[C@H]1OC(O)C(=O)[C@@H]1OC(=O)c1ccccc1)c1ccccc1. The van der Waals surface area contributed by atoms with Crippen molar-refractivity contribution in [3.8, 4) is 0 Å². The van der Waals surface area contributed by atoms with E-state index in [-0.39, 0.29) is 12.2 Å². The van der Waals surface area contributed by atoms with E-state index >= 15 is 0 Å². The Kier molecular flexibility index (Phi) is 5.40. The molecule has 1 aliphatic rings. The highest BCUT2D eigenvalue weighted by Gasteiger charge is 2.46. The number of Topliss-reactive ketones (excluding diaryl/α,β-unsaturated/α-hetero) is 1. The van der Waals surface area contributed by atoms with Crippen molar-refractivity contribution in [2.45, 2.75) is 18.5 Å². The van der Waals surface area contributed by atoms with Crippen LogP contribution in [0.15, 0.2) is 60.7 Å². The standard InChI is InChI=1S/C19H16O7/c20-15-16(26-18(22)13-9-5-2-6-10-13)14(25-19(15)23)11-24-17(21)12-7-3-1-4-8-12/h1-10,14,16,19,23H,11H2/t14-,16-,19?/m1/s1. The maximum Gasteiger partial charge on any atom is 0.338 e. The van der Waals surface area contributed by atoms with Gasteiger partial charge in [0.25, 0.3) is 0 Å². The minimum atomic E-state index is -1.73. The monoisotopic (exact) mass is 356 g/mol. The van der Waals surface area contributed by atoms with E-state index in [2.05, 4.69) is 0 Å². The first-order valence-electron chi connectivity index (χ1n) is 7.91. The van der Waals surface area contributed by atoms with Gasteiger partial charge in [-0.15, -0.1) is 0 Å². The van der Waals surface area contributed by atoms with Gasteiger partial charge in [0.1, 0.15) is 12.7 Å². The predicted octanol–water partition coefficient (Wildman–Crippen LogP) is 1.36. The molecule has 0 radical (unpaired) electrons. The Morgan fingerprint density at radius 2 is 1.46 bits per heavy atom. The summed E-state index contributed by atoms with van der Waals surface area (Å²) in [6, 6.07) is 16.4. The fraction of sp³-hybridized carbons (Fsp3) is 0.211. The minimum Gasteiger partial charge on any atom is -0.459 e. The molecule has 134 valence electrons. The molecule has 1 saturated heterocycles. The molecule has 0 saturated carbocycles. The summed E-state index contributed by atoms with van der Waals surface area (Å²) in [6.45, 7) is -0.344. The van der Waals surface area contributed by atoms with Crippen molar-refractivity contribution in [2.24, 2.45) is 0 Å². The highest BCUT2D eigenvalue weighted by Crippen LogP contribution is 2.21. The van der Waals surface area contributed by atoms with Gasteiger partial charge < -0.3 is 19.3 Å². The van der Waals surface area contributed by atoms with Crippen molar-refractivity contribution in [2.75, 3.05) is 6.61 Å². The molecule has 1 unspecified atom stereocenters. The average Bonchev–Trinajstić information content (AvgIpc) is 2.95. The van der Waals surface area contributed by atoms with Crippen molar-refractivity contribution >= 4 is 17.7 Å². The van der Waals surface area contributed by atoms with E-state index in [1.807, 2.05) is 0 Å². The van der Waals surface area contributed by atoms with E-state index in [0.29, 0.717) is 5.56 Å². The number of ether oxygens (including phenoxy) is 3. The normalized spacial score (nSPS) is 22.0. The summed E-state index contributed by atoms with van der Waals surface area (Å²) in [4.78, 5) is 36.1. The number of esters is 2. The summed E-state index contributed by atoms with van der Waals surface area (Å²) in [5.74, 6) is -2.15. The summed E-state index contributed by atoms with van der Waals surface area (Å²) in [6.07, 6.45) is -4.18. The second kappa shape index (κ2) is 7.90. The van der Waals surface area contributed by atoms with Crippen LogP contribution in [0.3, 0.4) is 0 Å². The topological polar surface area (TPSA) is 99.1 Å². The molecule has 1 fully saturated rings. The number of hydrogen-bond acceptors (Lipinski definition) is 7.